The van der Waals surface area contributed by atoms with Gasteiger partial charge >= 0.3 is 0 Å². The first-order valence-corrected chi connectivity index (χ1v) is 9.12. The molecule has 0 aliphatic carbocycles. The van der Waals surface area contributed by atoms with Gasteiger partial charge in [-0.15, -0.1) is 0 Å². The van der Waals surface area contributed by atoms with Crippen LogP contribution in [0.15, 0.2) is 24.3 Å². The summed E-state index contributed by atoms with van der Waals surface area (Å²) >= 11 is 0. The van der Waals surface area contributed by atoms with Crippen molar-refractivity contribution in [3.8, 4) is 11.5 Å². The van der Waals surface area contributed by atoms with Crippen LogP contribution in [0.3, 0.4) is 0 Å². The van der Waals surface area contributed by atoms with E-state index in [0.717, 1.165) is 39.1 Å². The fraction of sp³-hybridized carbons (Fsp3) is 0.632. The Hall–Kier alpha value is -1.79. The molecule has 2 rings (SSSR count). The zero-order chi connectivity index (χ0) is 18.1. The van der Waals surface area contributed by atoms with Crippen molar-refractivity contribution in [3.63, 3.8) is 0 Å². The maximum atomic E-state index is 12.4. The summed E-state index contributed by atoms with van der Waals surface area (Å²) in [5.41, 5.74) is 0. The lowest BCUT2D eigenvalue weighted by Crippen LogP contribution is -2.45. The highest BCUT2D eigenvalue weighted by Crippen LogP contribution is 2.27. The molecule has 140 valence electrons. The molecule has 1 amide bonds. The Balaban J connectivity index is 1.72. The molecule has 0 spiro atoms. The quantitative estimate of drug-likeness (QED) is 0.687. The van der Waals surface area contributed by atoms with Crippen molar-refractivity contribution in [2.45, 2.75) is 25.9 Å². The number of carbonyl (C=O) groups excluding carboxylic acids is 1. The smallest absolute Gasteiger partial charge is 0.261 e. The molecule has 1 N–H and O–H groups in total. The second-order valence-electron chi connectivity index (χ2n) is 6.46. The van der Waals surface area contributed by atoms with Crippen LogP contribution >= 0.6 is 0 Å². The minimum absolute atomic E-state index is 0.0632. The van der Waals surface area contributed by atoms with Gasteiger partial charge in [0.2, 0.25) is 0 Å². The average Bonchev–Trinajstić information content (AvgIpc) is 2.64. The van der Waals surface area contributed by atoms with Gasteiger partial charge in [0.05, 0.1) is 7.11 Å². The number of hydrogen-bond acceptors (Lipinski definition) is 5. The summed E-state index contributed by atoms with van der Waals surface area (Å²) in [5, 5.41) is 3.00. The molecule has 0 bridgehead atoms. The predicted molar refractivity (Wildman–Crippen MR) is 99.3 cm³/mol. The van der Waals surface area contributed by atoms with Crippen LogP contribution in [0, 0.1) is 0 Å². The molecular formula is C19H31N3O3. The number of nitrogens with zero attached hydrogens (tertiary/aromatic N) is 2. The van der Waals surface area contributed by atoms with Gasteiger partial charge in [0.15, 0.2) is 17.6 Å². The van der Waals surface area contributed by atoms with Crippen LogP contribution in [0.2, 0.25) is 0 Å². The maximum absolute atomic E-state index is 12.4. The van der Waals surface area contributed by atoms with Crippen molar-refractivity contribution in [2.75, 3.05) is 53.4 Å². The summed E-state index contributed by atoms with van der Waals surface area (Å²) in [6, 6.07) is 7.40. The molecule has 1 heterocycles. The number of piperazine rings is 1. The zero-order valence-corrected chi connectivity index (χ0v) is 15.7. The highest BCUT2D eigenvalue weighted by atomic mass is 16.5. The van der Waals surface area contributed by atoms with Crippen LogP contribution in [0.25, 0.3) is 0 Å². The minimum Gasteiger partial charge on any atom is -0.493 e. The molecule has 6 nitrogen and oxygen atoms in total. The van der Waals surface area contributed by atoms with Crippen molar-refractivity contribution in [3.05, 3.63) is 24.3 Å². The molecule has 0 saturated carbocycles. The number of benzene rings is 1. The van der Waals surface area contributed by atoms with E-state index in [1.165, 1.54) is 0 Å². The topological polar surface area (TPSA) is 54.0 Å². The van der Waals surface area contributed by atoms with E-state index in [-0.39, 0.29) is 5.91 Å². The van der Waals surface area contributed by atoms with Crippen LogP contribution in [-0.2, 0) is 4.79 Å². The summed E-state index contributed by atoms with van der Waals surface area (Å²) in [6.45, 7) is 8.12. The number of nitrogens with one attached hydrogen (secondary N) is 1. The van der Waals surface area contributed by atoms with Gasteiger partial charge in [-0.2, -0.15) is 0 Å². The molecule has 25 heavy (non-hydrogen) atoms. The summed E-state index contributed by atoms with van der Waals surface area (Å²) in [4.78, 5) is 17.2. The number of hydrogen-bond donors (Lipinski definition) is 1. The van der Waals surface area contributed by atoms with E-state index in [4.69, 9.17) is 9.47 Å². The predicted octanol–water partition coefficient (Wildman–Crippen LogP) is 1.61. The monoisotopic (exact) mass is 349 g/mol. The number of amides is 1. The first-order valence-electron chi connectivity index (χ1n) is 9.12. The van der Waals surface area contributed by atoms with Crippen LogP contribution in [0.5, 0.6) is 11.5 Å². The molecule has 1 aromatic rings. The standard InChI is InChI=1S/C19H31N3O3/c1-4-16(25-18-9-6-5-8-17(18)24-3)19(23)20-10-7-11-22-14-12-21(2)13-15-22/h5-6,8-9,16H,4,7,10-15H2,1-3H3,(H,20,23)/t16-/m0/s1. The van der Waals surface area contributed by atoms with Crippen molar-refractivity contribution >= 4 is 5.91 Å². The SMILES string of the molecule is CC[C@H](Oc1ccccc1OC)C(=O)NCCCN1CCN(C)CC1. The Morgan fingerprint density at radius 3 is 2.52 bits per heavy atom. The Morgan fingerprint density at radius 2 is 1.88 bits per heavy atom. The number of para-hydroxylation sites is 2. The van der Waals surface area contributed by atoms with Gasteiger partial charge in [-0.25, -0.2) is 0 Å². The lowest BCUT2D eigenvalue weighted by Gasteiger charge is -2.32. The molecule has 1 aromatic carbocycles. The van der Waals surface area contributed by atoms with Gasteiger partial charge in [0.1, 0.15) is 0 Å². The highest BCUT2D eigenvalue weighted by molar-refractivity contribution is 5.81. The van der Waals surface area contributed by atoms with E-state index in [2.05, 4.69) is 22.2 Å². The lowest BCUT2D eigenvalue weighted by atomic mass is 10.2. The van der Waals surface area contributed by atoms with Crippen molar-refractivity contribution < 1.29 is 14.3 Å². The molecular weight excluding hydrogens is 318 g/mol. The van der Waals surface area contributed by atoms with Crippen LogP contribution in [0.1, 0.15) is 19.8 Å². The number of rotatable bonds is 9. The molecule has 0 unspecified atom stereocenters. The second kappa shape index (κ2) is 10.3. The largest absolute Gasteiger partial charge is 0.493 e. The average molecular weight is 349 g/mol. The normalized spacial score (nSPS) is 17.1. The Kier molecular flexibility index (Phi) is 8.01. The Labute approximate surface area is 151 Å². The number of ether oxygens (including phenoxy) is 2. The second-order valence-corrected chi connectivity index (χ2v) is 6.46. The lowest BCUT2D eigenvalue weighted by molar-refractivity contribution is -0.128. The molecule has 1 atom stereocenters. The summed E-state index contributed by atoms with van der Waals surface area (Å²) < 4.78 is 11.1. The first kappa shape index (κ1) is 19.5. The first-order chi connectivity index (χ1) is 12.1. The van der Waals surface area contributed by atoms with Crippen molar-refractivity contribution in [2.24, 2.45) is 0 Å². The van der Waals surface area contributed by atoms with Crippen molar-refractivity contribution in [1.29, 1.82) is 0 Å². The highest BCUT2D eigenvalue weighted by Gasteiger charge is 2.20. The molecule has 1 fully saturated rings. The molecule has 1 aliphatic heterocycles. The van der Waals surface area contributed by atoms with Crippen LogP contribution in [0.4, 0.5) is 0 Å². The van der Waals surface area contributed by atoms with Gasteiger partial charge in [-0.1, -0.05) is 19.1 Å². The van der Waals surface area contributed by atoms with E-state index in [1.54, 1.807) is 7.11 Å². The third-order valence-electron chi connectivity index (χ3n) is 4.55. The minimum atomic E-state index is -0.500. The summed E-state index contributed by atoms with van der Waals surface area (Å²) in [5.74, 6) is 1.18. The van der Waals surface area contributed by atoms with Gasteiger partial charge in [0.25, 0.3) is 5.91 Å². The molecule has 1 saturated heterocycles. The van der Waals surface area contributed by atoms with E-state index < -0.39 is 6.10 Å². The zero-order valence-electron chi connectivity index (χ0n) is 15.7. The number of likely N-dealkylation sites (N-methyl/N-ethyl adjacent to an activating group) is 1. The Bertz CT molecular complexity index is 530. The van der Waals surface area contributed by atoms with Crippen molar-refractivity contribution in [1.82, 2.24) is 15.1 Å². The molecule has 0 radical (unpaired) electrons. The van der Waals surface area contributed by atoms with Gasteiger partial charge in [0, 0.05) is 32.7 Å². The fourth-order valence-electron chi connectivity index (χ4n) is 2.89. The van der Waals surface area contributed by atoms with E-state index in [0.29, 0.717) is 24.5 Å². The van der Waals surface area contributed by atoms with E-state index >= 15 is 0 Å². The molecule has 0 aromatic heterocycles. The van der Waals surface area contributed by atoms with Crippen LogP contribution in [-0.4, -0.2) is 75.2 Å². The molecule has 6 heteroatoms. The van der Waals surface area contributed by atoms with Gasteiger partial charge in [-0.05, 0) is 38.6 Å². The van der Waals surface area contributed by atoms with Crippen LogP contribution < -0.4 is 14.8 Å². The van der Waals surface area contributed by atoms with Gasteiger partial charge in [-0.3, -0.25) is 4.79 Å². The van der Waals surface area contributed by atoms with E-state index in [9.17, 15) is 4.79 Å². The third kappa shape index (κ3) is 6.21. The number of methoxy groups -OCH3 is 1. The summed E-state index contributed by atoms with van der Waals surface area (Å²) in [7, 11) is 3.76. The Morgan fingerprint density at radius 1 is 1.20 bits per heavy atom. The number of carbonyl (C=O) groups is 1. The fourth-order valence-corrected chi connectivity index (χ4v) is 2.89. The summed E-state index contributed by atoms with van der Waals surface area (Å²) in [6.07, 6.45) is 1.07. The maximum Gasteiger partial charge on any atom is 0.261 e. The molecule has 1 aliphatic rings. The van der Waals surface area contributed by atoms with Gasteiger partial charge < -0.3 is 24.6 Å². The third-order valence-corrected chi connectivity index (χ3v) is 4.55. The van der Waals surface area contributed by atoms with E-state index in [1.807, 2.05) is 31.2 Å².